The van der Waals surface area contributed by atoms with Crippen molar-refractivity contribution in [2.45, 2.75) is 11.8 Å². The van der Waals surface area contributed by atoms with Crippen molar-refractivity contribution in [3.8, 4) is 0 Å². The molecule has 96 valence electrons. The van der Waals surface area contributed by atoms with Gasteiger partial charge in [0.05, 0.1) is 10.9 Å². The minimum absolute atomic E-state index is 0.125. The highest BCUT2D eigenvalue weighted by molar-refractivity contribution is 7.84. The van der Waals surface area contributed by atoms with E-state index in [2.05, 4.69) is 25.3 Å². The monoisotopic (exact) mass is 282 g/mol. The third-order valence-electron chi connectivity index (χ3n) is 2.86. The Labute approximate surface area is 115 Å². The molecule has 0 aliphatic carbocycles. The van der Waals surface area contributed by atoms with Crippen molar-refractivity contribution in [2.75, 3.05) is 5.75 Å². The molecule has 18 heavy (non-hydrogen) atoms. The van der Waals surface area contributed by atoms with Crippen LogP contribution in [0.25, 0.3) is 10.9 Å². The molecule has 1 unspecified atom stereocenters. The molecule has 0 amide bonds. The fourth-order valence-electron chi connectivity index (χ4n) is 1.89. The van der Waals surface area contributed by atoms with Gasteiger partial charge in [-0.3, -0.25) is 13.9 Å². The Kier molecular flexibility index (Phi) is 3.87. The maximum absolute atomic E-state index is 12.2. The topological polar surface area (TPSA) is 44.0 Å². The zero-order valence-corrected chi connectivity index (χ0v) is 11.7. The molecule has 0 aliphatic heterocycles. The van der Waals surface area contributed by atoms with Crippen LogP contribution in [-0.2, 0) is 13.6 Å². The van der Waals surface area contributed by atoms with E-state index in [0.29, 0.717) is 16.7 Å². The Morgan fingerprint density at radius 1 is 1.28 bits per heavy atom. The zero-order chi connectivity index (χ0) is 13.3. The van der Waals surface area contributed by atoms with Crippen LogP contribution >= 0.6 is 25.3 Å². The van der Waals surface area contributed by atoms with Crippen LogP contribution in [0.1, 0.15) is 0 Å². The Balaban J connectivity index is 2.75. The fourth-order valence-corrected chi connectivity index (χ4v) is 2.17. The number of fused-ring (bicyclic) bond motifs is 1. The fraction of sp³-hybridized carbons (Fsp3) is 0.333. The van der Waals surface area contributed by atoms with Crippen LogP contribution < -0.4 is 11.2 Å². The van der Waals surface area contributed by atoms with Gasteiger partial charge in [0.15, 0.2) is 0 Å². The van der Waals surface area contributed by atoms with E-state index in [1.54, 1.807) is 31.3 Å². The number of rotatable bonds is 3. The summed E-state index contributed by atoms with van der Waals surface area (Å²) in [6.45, 7) is 0.267. The van der Waals surface area contributed by atoms with E-state index in [-0.39, 0.29) is 23.0 Å². The van der Waals surface area contributed by atoms with E-state index in [4.69, 9.17) is 0 Å². The minimum Gasteiger partial charge on any atom is -0.296 e. The van der Waals surface area contributed by atoms with Crippen molar-refractivity contribution in [1.82, 2.24) is 9.13 Å². The molecule has 0 fully saturated rings. The van der Waals surface area contributed by atoms with Gasteiger partial charge in [0.2, 0.25) is 0 Å². The molecular weight excluding hydrogens is 268 g/mol. The highest BCUT2D eigenvalue weighted by Crippen LogP contribution is 2.06. The summed E-state index contributed by atoms with van der Waals surface area (Å²) >= 11 is 8.39. The number of nitrogens with zero attached hydrogens (tertiary/aromatic N) is 2. The Hall–Kier alpha value is -1.14. The number of aryl methyl sites for hydroxylation is 1. The van der Waals surface area contributed by atoms with Gasteiger partial charge in [-0.25, -0.2) is 4.79 Å². The lowest BCUT2D eigenvalue weighted by molar-refractivity contribution is 0.607. The first-order chi connectivity index (χ1) is 8.56. The molecule has 4 nitrogen and oxygen atoms in total. The van der Waals surface area contributed by atoms with Crippen LogP contribution in [0.3, 0.4) is 0 Å². The van der Waals surface area contributed by atoms with Gasteiger partial charge in [-0.2, -0.15) is 25.3 Å². The van der Waals surface area contributed by atoms with Crippen molar-refractivity contribution in [3.63, 3.8) is 0 Å². The van der Waals surface area contributed by atoms with E-state index in [9.17, 15) is 9.59 Å². The largest absolute Gasteiger partial charge is 0.331 e. The summed E-state index contributed by atoms with van der Waals surface area (Å²) in [7, 11) is 1.66. The van der Waals surface area contributed by atoms with Gasteiger partial charge in [-0.15, -0.1) is 0 Å². The molecule has 0 aliphatic rings. The van der Waals surface area contributed by atoms with Crippen molar-refractivity contribution in [2.24, 2.45) is 7.05 Å². The van der Waals surface area contributed by atoms with E-state index < -0.39 is 0 Å². The normalized spacial score (nSPS) is 12.8. The van der Waals surface area contributed by atoms with Gasteiger partial charge in [0.1, 0.15) is 0 Å². The van der Waals surface area contributed by atoms with Crippen LogP contribution in [0.2, 0.25) is 0 Å². The summed E-state index contributed by atoms with van der Waals surface area (Å²) < 4.78 is 2.70. The summed E-state index contributed by atoms with van der Waals surface area (Å²) in [6, 6.07) is 7.08. The van der Waals surface area contributed by atoms with Crippen molar-refractivity contribution < 1.29 is 0 Å². The Morgan fingerprint density at radius 3 is 2.61 bits per heavy atom. The first-order valence-corrected chi connectivity index (χ1v) is 6.68. The van der Waals surface area contributed by atoms with Crippen LogP contribution in [0.4, 0.5) is 0 Å². The first kappa shape index (κ1) is 13.3. The van der Waals surface area contributed by atoms with Gasteiger partial charge in [0.25, 0.3) is 5.56 Å². The lowest BCUT2D eigenvalue weighted by Gasteiger charge is -2.13. The van der Waals surface area contributed by atoms with E-state index >= 15 is 0 Å². The van der Waals surface area contributed by atoms with Gasteiger partial charge in [0, 0.05) is 24.6 Å². The molecule has 1 heterocycles. The first-order valence-electron chi connectivity index (χ1n) is 5.53. The van der Waals surface area contributed by atoms with Gasteiger partial charge in [-0.1, -0.05) is 12.1 Å². The second-order valence-electron chi connectivity index (χ2n) is 4.11. The predicted molar refractivity (Wildman–Crippen MR) is 80.1 cm³/mol. The van der Waals surface area contributed by atoms with Gasteiger partial charge >= 0.3 is 5.69 Å². The van der Waals surface area contributed by atoms with E-state index in [0.717, 1.165) is 0 Å². The Bertz CT molecular complexity index is 691. The molecule has 1 atom stereocenters. The van der Waals surface area contributed by atoms with Crippen molar-refractivity contribution in [3.05, 3.63) is 45.1 Å². The number of aromatic nitrogens is 2. The van der Waals surface area contributed by atoms with Gasteiger partial charge in [-0.05, 0) is 12.1 Å². The molecule has 0 saturated heterocycles. The second kappa shape index (κ2) is 5.24. The van der Waals surface area contributed by atoms with Crippen molar-refractivity contribution in [1.29, 1.82) is 0 Å². The molecule has 0 spiro atoms. The van der Waals surface area contributed by atoms with E-state index in [1.165, 1.54) is 9.13 Å². The molecule has 1 aromatic carbocycles. The third-order valence-corrected chi connectivity index (χ3v) is 3.94. The average molecular weight is 282 g/mol. The molecule has 1 aromatic heterocycles. The molecular formula is C12H14N2O2S2. The average Bonchev–Trinajstić information content (AvgIpc) is 2.40. The summed E-state index contributed by atoms with van der Waals surface area (Å²) in [5, 5.41) is 0.416. The Morgan fingerprint density at radius 2 is 1.94 bits per heavy atom. The summed E-state index contributed by atoms with van der Waals surface area (Å²) in [5.41, 5.74) is 0.0550. The molecule has 6 heteroatoms. The van der Waals surface area contributed by atoms with Crippen molar-refractivity contribution >= 4 is 36.2 Å². The minimum atomic E-state index is -0.320. The number of para-hydroxylation sites is 1. The highest BCUT2D eigenvalue weighted by Gasteiger charge is 2.12. The SMILES string of the molecule is Cn1c(=O)n(CC(S)CS)c(=O)c2ccccc21. The van der Waals surface area contributed by atoms with E-state index in [1.807, 2.05) is 0 Å². The van der Waals surface area contributed by atoms with Gasteiger partial charge < -0.3 is 0 Å². The van der Waals surface area contributed by atoms with Crippen LogP contribution in [0, 0.1) is 0 Å². The standard InChI is InChI=1S/C12H14N2O2S2/c1-13-10-5-3-2-4-9(10)11(15)14(12(13)16)6-8(18)7-17/h2-5,8,17-18H,6-7H2,1H3. The quantitative estimate of drug-likeness (QED) is 0.823. The molecule has 0 bridgehead atoms. The molecule has 2 aromatic rings. The van der Waals surface area contributed by atoms with Crippen LogP contribution in [0.15, 0.2) is 33.9 Å². The maximum atomic E-state index is 12.2. The lowest BCUT2D eigenvalue weighted by Crippen LogP contribution is -2.41. The maximum Gasteiger partial charge on any atom is 0.331 e. The molecule has 0 saturated carbocycles. The second-order valence-corrected chi connectivity index (χ2v) is 5.21. The molecule has 0 N–H and O–H groups in total. The highest BCUT2D eigenvalue weighted by atomic mass is 32.1. The van der Waals surface area contributed by atoms with Crippen LogP contribution in [0.5, 0.6) is 0 Å². The predicted octanol–water partition coefficient (Wildman–Crippen LogP) is 0.928. The zero-order valence-electron chi connectivity index (χ0n) is 9.91. The summed E-state index contributed by atoms with van der Waals surface area (Å²) in [4.78, 5) is 24.4. The number of thiol groups is 2. The number of benzene rings is 1. The summed E-state index contributed by atoms with van der Waals surface area (Å²) in [6.07, 6.45) is 0. The number of hydrogen-bond acceptors (Lipinski definition) is 4. The third kappa shape index (κ3) is 2.22. The smallest absolute Gasteiger partial charge is 0.296 e. The number of hydrogen-bond donors (Lipinski definition) is 2. The van der Waals surface area contributed by atoms with Crippen LogP contribution in [-0.4, -0.2) is 20.1 Å². The summed E-state index contributed by atoms with van der Waals surface area (Å²) in [5.74, 6) is 0.505. The molecule has 2 rings (SSSR count). The lowest BCUT2D eigenvalue weighted by atomic mass is 10.2. The molecule has 0 radical (unpaired) electrons.